The second-order valence-electron chi connectivity index (χ2n) is 3.97. The number of carbonyl (C=O) groups excluding carboxylic acids is 1. The Morgan fingerprint density at radius 2 is 2.21 bits per heavy atom. The molecule has 4 nitrogen and oxygen atoms in total. The van der Waals surface area contributed by atoms with Crippen molar-refractivity contribution in [2.24, 2.45) is 0 Å². The van der Waals surface area contributed by atoms with E-state index in [-0.39, 0.29) is 5.91 Å². The molecule has 3 aromatic heterocycles. The van der Waals surface area contributed by atoms with Crippen molar-refractivity contribution in [3.8, 4) is 11.3 Å². The summed E-state index contributed by atoms with van der Waals surface area (Å²) in [6.07, 6.45) is 2.88. The third-order valence-electron chi connectivity index (χ3n) is 2.67. The number of rotatable bonds is 4. The van der Waals surface area contributed by atoms with Gasteiger partial charge >= 0.3 is 0 Å². The zero-order chi connectivity index (χ0) is 13.1. The fraction of sp³-hybridized carbons (Fsp3) is 0.0714. The number of nitrogens with one attached hydrogen (secondary N) is 1. The van der Waals surface area contributed by atoms with Gasteiger partial charge in [-0.1, -0.05) is 0 Å². The van der Waals surface area contributed by atoms with Crippen LogP contribution in [0.2, 0.25) is 0 Å². The van der Waals surface area contributed by atoms with Gasteiger partial charge in [0.2, 0.25) is 0 Å². The van der Waals surface area contributed by atoms with Crippen LogP contribution in [0.4, 0.5) is 0 Å². The Kier molecular flexibility index (Phi) is 3.20. The average Bonchev–Trinajstić information content (AvgIpc) is 3.14. The highest BCUT2D eigenvalue weighted by molar-refractivity contribution is 7.08. The molecule has 0 aromatic carbocycles. The van der Waals surface area contributed by atoms with Crippen LogP contribution < -0.4 is 5.32 Å². The molecule has 1 amide bonds. The molecule has 0 aliphatic carbocycles. The van der Waals surface area contributed by atoms with Gasteiger partial charge in [0.25, 0.3) is 5.91 Å². The van der Waals surface area contributed by atoms with Gasteiger partial charge in [0.05, 0.1) is 18.4 Å². The molecule has 19 heavy (non-hydrogen) atoms. The third-order valence-corrected chi connectivity index (χ3v) is 3.36. The Balaban J connectivity index is 1.63. The maximum absolute atomic E-state index is 11.7. The van der Waals surface area contributed by atoms with E-state index < -0.39 is 0 Å². The molecule has 3 heterocycles. The van der Waals surface area contributed by atoms with Crippen LogP contribution in [0.3, 0.4) is 0 Å². The van der Waals surface area contributed by atoms with Gasteiger partial charge in [-0.3, -0.25) is 4.79 Å². The first-order chi connectivity index (χ1) is 9.33. The van der Waals surface area contributed by atoms with Gasteiger partial charge in [-0.2, -0.15) is 11.3 Å². The minimum Gasteiger partial charge on any atom is -0.472 e. The van der Waals surface area contributed by atoms with Crippen LogP contribution in [0.1, 0.15) is 16.1 Å². The molecular weight excluding hydrogens is 262 g/mol. The number of amides is 1. The summed E-state index contributed by atoms with van der Waals surface area (Å²) in [5, 5.41) is 6.79. The first-order valence-corrected chi connectivity index (χ1v) is 6.69. The molecule has 0 bridgehead atoms. The molecule has 1 N–H and O–H groups in total. The molecule has 0 unspecified atom stereocenters. The predicted octanol–water partition coefficient (Wildman–Crippen LogP) is 3.53. The van der Waals surface area contributed by atoms with Gasteiger partial charge in [-0.05, 0) is 29.6 Å². The number of thiophene rings is 1. The summed E-state index contributed by atoms with van der Waals surface area (Å²) in [4.78, 5) is 11.7. The van der Waals surface area contributed by atoms with Crippen molar-refractivity contribution in [1.82, 2.24) is 5.32 Å². The van der Waals surface area contributed by atoms with Crippen molar-refractivity contribution in [2.45, 2.75) is 6.54 Å². The second-order valence-corrected chi connectivity index (χ2v) is 4.75. The summed E-state index contributed by atoms with van der Waals surface area (Å²) in [7, 11) is 0. The lowest BCUT2D eigenvalue weighted by Crippen LogP contribution is -2.21. The zero-order valence-corrected chi connectivity index (χ0v) is 10.8. The molecule has 0 atom stereocenters. The van der Waals surface area contributed by atoms with Crippen LogP contribution in [0.5, 0.6) is 0 Å². The Hall–Kier alpha value is -2.27. The lowest BCUT2D eigenvalue weighted by atomic mass is 10.3. The van der Waals surface area contributed by atoms with Crippen LogP contribution in [0.15, 0.2) is 56.4 Å². The van der Waals surface area contributed by atoms with Gasteiger partial charge < -0.3 is 14.2 Å². The van der Waals surface area contributed by atoms with Crippen molar-refractivity contribution in [3.05, 3.63) is 58.9 Å². The van der Waals surface area contributed by atoms with E-state index in [1.807, 2.05) is 29.0 Å². The Morgan fingerprint density at radius 3 is 2.95 bits per heavy atom. The molecule has 96 valence electrons. The number of hydrogen-bond donors (Lipinski definition) is 1. The molecule has 0 spiro atoms. The monoisotopic (exact) mass is 273 g/mol. The van der Waals surface area contributed by atoms with E-state index in [1.165, 1.54) is 12.5 Å². The van der Waals surface area contributed by atoms with E-state index in [9.17, 15) is 4.79 Å². The highest BCUT2D eigenvalue weighted by Gasteiger charge is 2.09. The van der Waals surface area contributed by atoms with Gasteiger partial charge in [0.15, 0.2) is 0 Å². The van der Waals surface area contributed by atoms with E-state index in [2.05, 4.69) is 5.32 Å². The molecule has 0 aliphatic rings. The number of furan rings is 2. The summed E-state index contributed by atoms with van der Waals surface area (Å²) in [6.45, 7) is 0.355. The zero-order valence-electron chi connectivity index (χ0n) is 9.96. The Morgan fingerprint density at radius 1 is 1.26 bits per heavy atom. The van der Waals surface area contributed by atoms with Gasteiger partial charge in [0, 0.05) is 10.9 Å². The fourth-order valence-corrected chi connectivity index (χ4v) is 2.34. The van der Waals surface area contributed by atoms with Gasteiger partial charge in [-0.25, -0.2) is 0 Å². The van der Waals surface area contributed by atoms with Crippen LogP contribution in [0.25, 0.3) is 11.3 Å². The summed E-state index contributed by atoms with van der Waals surface area (Å²) in [6, 6.07) is 7.38. The van der Waals surface area contributed by atoms with E-state index in [4.69, 9.17) is 8.83 Å². The van der Waals surface area contributed by atoms with Crippen molar-refractivity contribution in [1.29, 1.82) is 0 Å². The average molecular weight is 273 g/mol. The minimum atomic E-state index is -0.178. The quantitative estimate of drug-likeness (QED) is 0.791. The van der Waals surface area contributed by atoms with Crippen LogP contribution in [-0.4, -0.2) is 5.91 Å². The van der Waals surface area contributed by atoms with Crippen molar-refractivity contribution in [3.63, 3.8) is 0 Å². The fourth-order valence-electron chi connectivity index (χ4n) is 1.70. The third kappa shape index (κ3) is 2.61. The predicted molar refractivity (Wildman–Crippen MR) is 71.9 cm³/mol. The molecule has 0 saturated carbocycles. The Labute approximate surface area is 113 Å². The van der Waals surface area contributed by atoms with Crippen molar-refractivity contribution < 1.29 is 13.6 Å². The molecule has 0 aliphatic heterocycles. The smallest absolute Gasteiger partial charge is 0.254 e. The van der Waals surface area contributed by atoms with Crippen molar-refractivity contribution in [2.75, 3.05) is 0 Å². The van der Waals surface area contributed by atoms with Crippen LogP contribution in [0, 0.1) is 0 Å². The molecule has 5 heteroatoms. The molecule has 3 aromatic rings. The summed E-state index contributed by atoms with van der Waals surface area (Å²) >= 11 is 1.62. The van der Waals surface area contributed by atoms with E-state index in [0.29, 0.717) is 12.1 Å². The lowest BCUT2D eigenvalue weighted by Gasteiger charge is -2.00. The van der Waals surface area contributed by atoms with Crippen LogP contribution >= 0.6 is 11.3 Å². The van der Waals surface area contributed by atoms with Gasteiger partial charge in [-0.15, -0.1) is 0 Å². The van der Waals surface area contributed by atoms with E-state index >= 15 is 0 Å². The summed E-state index contributed by atoms with van der Waals surface area (Å²) in [5.41, 5.74) is 1.56. The second kappa shape index (κ2) is 5.16. The summed E-state index contributed by atoms with van der Waals surface area (Å²) in [5.74, 6) is 1.36. The molecule has 0 saturated heterocycles. The molecule has 3 rings (SSSR count). The number of carbonyl (C=O) groups is 1. The van der Waals surface area contributed by atoms with Crippen molar-refractivity contribution >= 4 is 17.2 Å². The maximum atomic E-state index is 11.7. The topological polar surface area (TPSA) is 55.4 Å². The highest BCUT2D eigenvalue weighted by atomic mass is 32.1. The standard InChI is InChI=1S/C14H11NO3S/c16-14(10-3-5-17-8-10)15-7-12-1-2-13(18-12)11-4-6-19-9-11/h1-6,8-9H,7H2,(H,15,16). The Bertz CT molecular complexity index is 653. The minimum absolute atomic E-state index is 0.178. The molecular formula is C14H11NO3S. The van der Waals surface area contributed by atoms with Crippen LogP contribution in [-0.2, 0) is 6.54 Å². The largest absolute Gasteiger partial charge is 0.472 e. The molecule has 0 fully saturated rings. The normalized spacial score (nSPS) is 10.5. The number of hydrogen-bond acceptors (Lipinski definition) is 4. The van der Waals surface area contributed by atoms with E-state index in [1.54, 1.807) is 17.4 Å². The SMILES string of the molecule is O=C(NCc1ccc(-c2ccsc2)o1)c1ccoc1. The first kappa shape index (κ1) is 11.8. The first-order valence-electron chi connectivity index (χ1n) is 5.74. The summed E-state index contributed by atoms with van der Waals surface area (Å²) < 4.78 is 10.5. The molecule has 0 radical (unpaired) electrons. The highest BCUT2D eigenvalue weighted by Crippen LogP contribution is 2.24. The van der Waals surface area contributed by atoms with E-state index in [0.717, 1.165) is 17.1 Å². The van der Waals surface area contributed by atoms with Gasteiger partial charge in [0.1, 0.15) is 17.8 Å². The lowest BCUT2D eigenvalue weighted by molar-refractivity contribution is 0.0947. The maximum Gasteiger partial charge on any atom is 0.254 e.